The van der Waals surface area contributed by atoms with E-state index in [4.69, 9.17) is 0 Å². The molecule has 0 bridgehead atoms. The summed E-state index contributed by atoms with van der Waals surface area (Å²) in [5.74, 6) is -0.0551. The van der Waals surface area contributed by atoms with Crippen molar-refractivity contribution >= 4 is 22.5 Å². The van der Waals surface area contributed by atoms with Crippen molar-refractivity contribution in [2.75, 3.05) is 18.0 Å². The van der Waals surface area contributed by atoms with Gasteiger partial charge in [0, 0.05) is 54.8 Å². The van der Waals surface area contributed by atoms with Gasteiger partial charge >= 0.3 is 0 Å². The van der Waals surface area contributed by atoms with Crippen LogP contribution in [0.4, 0.5) is 10.1 Å². The number of allylic oxidation sites excluding steroid dienone is 1. The number of fused-ring (bicyclic) bond motifs is 1. The van der Waals surface area contributed by atoms with Gasteiger partial charge < -0.3 is 9.88 Å². The molecule has 4 rings (SSSR count). The first-order valence-corrected chi connectivity index (χ1v) is 8.13. The summed E-state index contributed by atoms with van der Waals surface area (Å²) in [4.78, 5) is 24.8. The monoisotopic (exact) mass is 336 g/mol. The quantitative estimate of drug-likeness (QED) is 0.573. The maximum Gasteiger partial charge on any atom is 0.213 e. The van der Waals surface area contributed by atoms with Crippen LogP contribution in [0.5, 0.6) is 0 Å². The minimum atomic E-state index is -0.506. The second-order valence-corrected chi connectivity index (χ2v) is 6.30. The summed E-state index contributed by atoms with van der Waals surface area (Å²) in [7, 11) is 0. The number of aromatic amines is 1. The smallest absolute Gasteiger partial charge is 0.213 e. The number of carbonyl (C=O) groups is 1. The number of nitrogens with zero attached hydrogens (tertiary/aromatic N) is 3. The average molecular weight is 336 g/mol. The molecule has 3 aromatic heterocycles. The van der Waals surface area contributed by atoms with E-state index in [1.165, 1.54) is 18.3 Å². The van der Waals surface area contributed by atoms with Crippen LogP contribution in [0.3, 0.4) is 0 Å². The van der Waals surface area contributed by atoms with Gasteiger partial charge in [-0.2, -0.15) is 4.39 Å². The molecular weight excluding hydrogens is 319 g/mol. The van der Waals surface area contributed by atoms with Crippen molar-refractivity contribution in [3.63, 3.8) is 0 Å². The molecule has 126 valence electrons. The van der Waals surface area contributed by atoms with E-state index in [-0.39, 0.29) is 5.78 Å². The number of ketones is 1. The highest BCUT2D eigenvalue weighted by atomic mass is 19.1. The summed E-state index contributed by atoms with van der Waals surface area (Å²) in [6, 6.07) is 5.24. The molecule has 0 unspecified atom stereocenters. The van der Waals surface area contributed by atoms with Crippen molar-refractivity contribution in [2.24, 2.45) is 5.92 Å². The summed E-state index contributed by atoms with van der Waals surface area (Å²) >= 11 is 0. The van der Waals surface area contributed by atoms with Crippen LogP contribution < -0.4 is 4.90 Å². The lowest BCUT2D eigenvalue weighted by atomic mass is 9.93. The molecule has 3 aromatic rings. The third-order valence-electron chi connectivity index (χ3n) is 4.59. The maximum absolute atomic E-state index is 13.4. The van der Waals surface area contributed by atoms with Crippen molar-refractivity contribution in [1.82, 2.24) is 15.0 Å². The van der Waals surface area contributed by atoms with Gasteiger partial charge in [0.2, 0.25) is 5.95 Å². The number of carbonyl (C=O) groups excluding carboxylic acids is 1. The second kappa shape index (κ2) is 6.12. The molecule has 4 heterocycles. The van der Waals surface area contributed by atoms with Gasteiger partial charge in [0.1, 0.15) is 5.65 Å². The summed E-state index contributed by atoms with van der Waals surface area (Å²) in [5, 5.41) is 0.939. The van der Waals surface area contributed by atoms with Crippen LogP contribution in [0.15, 0.2) is 49.4 Å². The van der Waals surface area contributed by atoms with Gasteiger partial charge in [-0.05, 0) is 23.8 Å². The first-order valence-electron chi connectivity index (χ1n) is 8.13. The van der Waals surface area contributed by atoms with Crippen LogP contribution in [0.25, 0.3) is 22.2 Å². The summed E-state index contributed by atoms with van der Waals surface area (Å²) in [6.45, 7) is 5.17. The number of hydrogen-bond acceptors (Lipinski definition) is 4. The van der Waals surface area contributed by atoms with E-state index in [2.05, 4.69) is 32.5 Å². The van der Waals surface area contributed by atoms with E-state index in [0.717, 1.165) is 40.9 Å². The Morgan fingerprint density at radius 1 is 1.40 bits per heavy atom. The van der Waals surface area contributed by atoms with Crippen molar-refractivity contribution in [1.29, 1.82) is 0 Å². The summed E-state index contributed by atoms with van der Waals surface area (Å²) in [6.07, 6.45) is 7.04. The molecule has 5 nitrogen and oxygen atoms in total. The molecule has 0 spiro atoms. The third kappa shape index (κ3) is 2.91. The van der Waals surface area contributed by atoms with E-state index in [1.807, 2.05) is 12.4 Å². The largest absolute Gasteiger partial charge is 0.370 e. The number of H-pyrrole nitrogens is 1. The first kappa shape index (κ1) is 15.5. The predicted molar refractivity (Wildman–Crippen MR) is 94.8 cm³/mol. The zero-order valence-electron chi connectivity index (χ0n) is 13.6. The molecule has 0 aliphatic carbocycles. The molecule has 1 N–H and O–H groups in total. The molecule has 0 radical (unpaired) electrons. The van der Waals surface area contributed by atoms with Gasteiger partial charge in [0.15, 0.2) is 5.78 Å². The number of halogens is 1. The Labute approximate surface area is 144 Å². The van der Waals surface area contributed by atoms with Crippen LogP contribution in [-0.2, 0) is 4.79 Å². The number of hydrogen-bond donors (Lipinski definition) is 1. The molecule has 1 aliphatic heterocycles. The molecule has 0 amide bonds. The average Bonchev–Trinajstić information content (AvgIpc) is 3.00. The lowest BCUT2D eigenvalue weighted by Crippen LogP contribution is -2.47. The van der Waals surface area contributed by atoms with E-state index >= 15 is 0 Å². The van der Waals surface area contributed by atoms with E-state index < -0.39 is 5.95 Å². The van der Waals surface area contributed by atoms with Crippen molar-refractivity contribution in [2.45, 2.75) is 6.42 Å². The Morgan fingerprint density at radius 3 is 3.00 bits per heavy atom. The molecule has 1 aliphatic rings. The lowest BCUT2D eigenvalue weighted by molar-refractivity contribution is -0.115. The summed E-state index contributed by atoms with van der Waals surface area (Å²) < 4.78 is 13.4. The van der Waals surface area contributed by atoms with Gasteiger partial charge in [-0.3, -0.25) is 4.79 Å². The Morgan fingerprint density at radius 2 is 2.24 bits per heavy atom. The fraction of sp³-hybridized carbons (Fsp3) is 0.211. The van der Waals surface area contributed by atoms with E-state index in [9.17, 15) is 9.18 Å². The third-order valence-corrected chi connectivity index (χ3v) is 4.59. The SMILES string of the molecule is C=CC(=O)CC1CN(c2cnc3[nH]cc(-c4ccnc(F)c4)c3c2)C1. The molecule has 0 saturated carbocycles. The molecule has 0 aromatic carbocycles. The van der Waals surface area contributed by atoms with E-state index in [1.54, 1.807) is 6.07 Å². The molecule has 1 saturated heterocycles. The predicted octanol–water partition coefficient (Wildman–Crippen LogP) is 3.35. The molecule has 25 heavy (non-hydrogen) atoms. The number of nitrogens with one attached hydrogen (secondary N) is 1. The van der Waals surface area contributed by atoms with Crippen molar-refractivity contribution < 1.29 is 9.18 Å². The number of aromatic nitrogens is 3. The first-order chi connectivity index (χ1) is 12.1. The van der Waals surface area contributed by atoms with Crippen LogP contribution in [0.2, 0.25) is 0 Å². The van der Waals surface area contributed by atoms with Crippen LogP contribution in [0, 0.1) is 11.9 Å². The van der Waals surface area contributed by atoms with E-state index in [0.29, 0.717) is 12.3 Å². The molecule has 6 heteroatoms. The van der Waals surface area contributed by atoms with Crippen molar-refractivity contribution in [3.05, 3.63) is 55.4 Å². The Balaban J connectivity index is 1.60. The Bertz CT molecular complexity index is 959. The van der Waals surface area contributed by atoms with Crippen LogP contribution in [0.1, 0.15) is 6.42 Å². The fourth-order valence-electron chi connectivity index (χ4n) is 3.25. The molecule has 0 atom stereocenters. The number of pyridine rings is 2. The minimum absolute atomic E-state index is 0.0888. The second-order valence-electron chi connectivity index (χ2n) is 6.30. The highest BCUT2D eigenvalue weighted by molar-refractivity contribution is 5.95. The van der Waals surface area contributed by atoms with Gasteiger partial charge in [-0.1, -0.05) is 6.58 Å². The minimum Gasteiger partial charge on any atom is -0.370 e. The Hall–Kier alpha value is -3.02. The van der Waals surface area contributed by atoms with Gasteiger partial charge in [0.05, 0.1) is 11.9 Å². The van der Waals surface area contributed by atoms with Crippen LogP contribution in [-0.4, -0.2) is 33.8 Å². The summed E-state index contributed by atoms with van der Waals surface area (Å²) in [5.41, 5.74) is 3.42. The topological polar surface area (TPSA) is 61.9 Å². The zero-order valence-corrected chi connectivity index (χ0v) is 13.6. The standard InChI is InChI=1S/C19H17FN4O/c1-2-15(25)5-12-10-24(11-12)14-7-16-17(9-23-19(16)22-8-14)13-3-4-21-18(20)6-13/h2-4,6-9,12H,1,5,10-11H2,(H,22,23). The molecule has 1 fully saturated rings. The highest BCUT2D eigenvalue weighted by Crippen LogP contribution is 2.33. The zero-order chi connectivity index (χ0) is 17.4. The van der Waals surface area contributed by atoms with Gasteiger partial charge in [0.25, 0.3) is 0 Å². The van der Waals surface area contributed by atoms with Crippen LogP contribution >= 0.6 is 0 Å². The maximum atomic E-state index is 13.4. The Kier molecular flexibility index (Phi) is 3.80. The normalized spacial score (nSPS) is 14.5. The van der Waals surface area contributed by atoms with Crippen molar-refractivity contribution in [3.8, 4) is 11.1 Å². The fourth-order valence-corrected chi connectivity index (χ4v) is 3.25. The number of rotatable bonds is 5. The highest BCUT2D eigenvalue weighted by Gasteiger charge is 2.28. The molecular formula is C19H17FN4O. The lowest BCUT2D eigenvalue weighted by Gasteiger charge is -2.40. The van der Waals surface area contributed by atoms with Gasteiger partial charge in [-0.15, -0.1) is 0 Å². The number of anilines is 1. The van der Waals surface area contributed by atoms with Gasteiger partial charge in [-0.25, -0.2) is 9.97 Å².